The van der Waals surface area contributed by atoms with Gasteiger partial charge in [0.25, 0.3) is 0 Å². The van der Waals surface area contributed by atoms with Gasteiger partial charge in [-0.3, -0.25) is 4.90 Å². The highest BCUT2D eigenvalue weighted by Crippen LogP contribution is 2.19. The molecule has 1 fully saturated rings. The van der Waals surface area contributed by atoms with Crippen LogP contribution in [0.3, 0.4) is 0 Å². The lowest BCUT2D eigenvalue weighted by Crippen LogP contribution is -2.33. The molecule has 4 nitrogen and oxygen atoms in total. The third-order valence-corrected chi connectivity index (χ3v) is 4.20. The van der Waals surface area contributed by atoms with Gasteiger partial charge >= 0.3 is 0 Å². The van der Waals surface area contributed by atoms with Crippen LogP contribution < -0.4 is 5.73 Å². The summed E-state index contributed by atoms with van der Waals surface area (Å²) in [7, 11) is 0. The Morgan fingerprint density at radius 3 is 2.75 bits per heavy atom. The van der Waals surface area contributed by atoms with Gasteiger partial charge in [0.2, 0.25) is 0 Å². The highest BCUT2D eigenvalue weighted by molar-refractivity contribution is 5.82. The van der Waals surface area contributed by atoms with Gasteiger partial charge in [0.15, 0.2) is 0 Å². The first kappa shape index (κ1) is 13.6. The van der Waals surface area contributed by atoms with Crippen molar-refractivity contribution in [3.63, 3.8) is 0 Å². The molecular weight excluding hydrogens is 248 g/mol. The number of hydrogen-bond acceptors (Lipinski definition) is 3. The van der Waals surface area contributed by atoms with Crippen LogP contribution in [0.2, 0.25) is 0 Å². The average molecular weight is 272 g/mol. The lowest BCUT2D eigenvalue weighted by molar-refractivity contribution is 0.255. The zero-order valence-electron chi connectivity index (χ0n) is 12.0. The van der Waals surface area contributed by atoms with E-state index in [-0.39, 0.29) is 0 Å². The minimum Gasteiger partial charge on any atom is -0.361 e. The molecule has 3 rings (SSSR count). The fourth-order valence-electron chi connectivity index (χ4n) is 3.09. The Labute approximate surface area is 120 Å². The molecule has 4 heteroatoms. The summed E-state index contributed by atoms with van der Waals surface area (Å²) in [5, 5.41) is 1.36. The SMILES string of the molecule is NCCN1CCCN(Cc2c[nH]c3ccccc23)CC1. The van der Waals surface area contributed by atoms with E-state index in [1.165, 1.54) is 36.0 Å². The molecule has 1 aliphatic heterocycles. The van der Waals surface area contributed by atoms with Crippen LogP contribution in [-0.4, -0.2) is 54.1 Å². The van der Waals surface area contributed by atoms with E-state index < -0.39 is 0 Å². The number of rotatable bonds is 4. The Balaban J connectivity index is 1.65. The van der Waals surface area contributed by atoms with E-state index in [1.807, 2.05) is 0 Å². The molecule has 0 spiro atoms. The topological polar surface area (TPSA) is 48.3 Å². The van der Waals surface area contributed by atoms with Gasteiger partial charge in [-0.2, -0.15) is 0 Å². The van der Waals surface area contributed by atoms with Gasteiger partial charge in [-0.25, -0.2) is 0 Å². The number of fused-ring (bicyclic) bond motifs is 1. The molecule has 3 N–H and O–H groups in total. The quantitative estimate of drug-likeness (QED) is 0.889. The second-order valence-corrected chi connectivity index (χ2v) is 5.62. The fraction of sp³-hybridized carbons (Fsp3) is 0.500. The van der Waals surface area contributed by atoms with Gasteiger partial charge in [0.1, 0.15) is 0 Å². The summed E-state index contributed by atoms with van der Waals surface area (Å²) in [5.74, 6) is 0. The molecule has 2 heterocycles. The number of benzene rings is 1. The molecule has 1 aliphatic rings. The van der Waals surface area contributed by atoms with Crippen molar-refractivity contribution in [3.05, 3.63) is 36.0 Å². The van der Waals surface area contributed by atoms with Gasteiger partial charge in [0.05, 0.1) is 0 Å². The molecule has 0 unspecified atom stereocenters. The second kappa shape index (κ2) is 6.39. The lowest BCUT2D eigenvalue weighted by atomic mass is 10.1. The van der Waals surface area contributed by atoms with Crippen LogP contribution in [0, 0.1) is 0 Å². The number of nitrogens with one attached hydrogen (secondary N) is 1. The van der Waals surface area contributed by atoms with Crippen LogP contribution in [-0.2, 0) is 6.54 Å². The molecule has 0 radical (unpaired) electrons. The first-order valence-electron chi connectivity index (χ1n) is 7.56. The molecule has 0 bridgehead atoms. The third-order valence-electron chi connectivity index (χ3n) is 4.20. The smallest absolute Gasteiger partial charge is 0.0457 e. The highest BCUT2D eigenvalue weighted by atomic mass is 15.2. The van der Waals surface area contributed by atoms with E-state index in [0.717, 1.165) is 32.7 Å². The number of nitrogens with two attached hydrogens (primary N) is 1. The monoisotopic (exact) mass is 272 g/mol. The molecule has 0 atom stereocenters. The summed E-state index contributed by atoms with van der Waals surface area (Å²) in [4.78, 5) is 8.41. The minimum absolute atomic E-state index is 0.766. The number of para-hydroxylation sites is 1. The zero-order valence-corrected chi connectivity index (χ0v) is 12.0. The number of H-pyrrole nitrogens is 1. The second-order valence-electron chi connectivity index (χ2n) is 5.62. The van der Waals surface area contributed by atoms with E-state index in [1.54, 1.807) is 0 Å². The number of hydrogen-bond donors (Lipinski definition) is 2. The van der Waals surface area contributed by atoms with Crippen molar-refractivity contribution >= 4 is 10.9 Å². The van der Waals surface area contributed by atoms with E-state index in [2.05, 4.69) is 45.2 Å². The predicted molar refractivity (Wildman–Crippen MR) is 83.7 cm³/mol. The van der Waals surface area contributed by atoms with E-state index in [9.17, 15) is 0 Å². The average Bonchev–Trinajstić information content (AvgIpc) is 2.74. The first-order valence-corrected chi connectivity index (χ1v) is 7.56. The van der Waals surface area contributed by atoms with Gasteiger partial charge in [-0.05, 0) is 31.1 Å². The molecule has 0 amide bonds. The standard InChI is InChI=1S/C16H24N4/c17-6-9-19-7-3-8-20(11-10-19)13-14-12-18-16-5-2-1-4-15(14)16/h1-2,4-5,12,18H,3,6-11,13,17H2. The van der Waals surface area contributed by atoms with Gasteiger partial charge in [0, 0.05) is 49.8 Å². The van der Waals surface area contributed by atoms with Crippen molar-refractivity contribution in [1.29, 1.82) is 0 Å². The Morgan fingerprint density at radius 1 is 1.05 bits per heavy atom. The van der Waals surface area contributed by atoms with E-state index >= 15 is 0 Å². The van der Waals surface area contributed by atoms with Crippen LogP contribution in [0.25, 0.3) is 10.9 Å². The van der Waals surface area contributed by atoms with Crippen LogP contribution in [0.1, 0.15) is 12.0 Å². The van der Waals surface area contributed by atoms with Gasteiger partial charge in [-0.1, -0.05) is 18.2 Å². The van der Waals surface area contributed by atoms with Gasteiger partial charge in [-0.15, -0.1) is 0 Å². The molecular formula is C16H24N4. The molecule has 0 aliphatic carbocycles. The molecule has 20 heavy (non-hydrogen) atoms. The van der Waals surface area contributed by atoms with Crippen LogP contribution >= 0.6 is 0 Å². The Kier molecular flexibility index (Phi) is 4.35. The minimum atomic E-state index is 0.766. The maximum absolute atomic E-state index is 5.66. The maximum atomic E-state index is 5.66. The molecule has 2 aromatic rings. The molecule has 1 aromatic carbocycles. The molecule has 108 valence electrons. The number of aromatic nitrogens is 1. The fourth-order valence-corrected chi connectivity index (χ4v) is 3.09. The van der Waals surface area contributed by atoms with Crippen LogP contribution in [0.4, 0.5) is 0 Å². The largest absolute Gasteiger partial charge is 0.361 e. The summed E-state index contributed by atoms with van der Waals surface area (Å²) < 4.78 is 0. The number of nitrogens with zero attached hydrogens (tertiary/aromatic N) is 2. The Morgan fingerprint density at radius 2 is 1.85 bits per heavy atom. The van der Waals surface area contributed by atoms with E-state index in [0.29, 0.717) is 0 Å². The van der Waals surface area contributed by atoms with Crippen LogP contribution in [0.5, 0.6) is 0 Å². The van der Waals surface area contributed by atoms with Crippen molar-refractivity contribution in [2.75, 3.05) is 39.3 Å². The molecule has 0 saturated carbocycles. The van der Waals surface area contributed by atoms with Crippen molar-refractivity contribution < 1.29 is 0 Å². The Hall–Kier alpha value is -1.36. The summed E-state index contributed by atoms with van der Waals surface area (Å²) in [6.45, 7) is 7.48. The van der Waals surface area contributed by atoms with Crippen molar-refractivity contribution in [2.45, 2.75) is 13.0 Å². The summed E-state index contributed by atoms with van der Waals surface area (Å²) in [6, 6.07) is 8.55. The molecule has 1 saturated heterocycles. The Bertz CT molecular complexity index is 548. The van der Waals surface area contributed by atoms with Gasteiger partial charge < -0.3 is 15.6 Å². The third kappa shape index (κ3) is 3.03. The zero-order chi connectivity index (χ0) is 13.8. The maximum Gasteiger partial charge on any atom is 0.0457 e. The highest BCUT2D eigenvalue weighted by Gasteiger charge is 2.15. The predicted octanol–water partition coefficient (Wildman–Crippen LogP) is 1.63. The van der Waals surface area contributed by atoms with Crippen molar-refractivity contribution in [2.24, 2.45) is 5.73 Å². The summed E-state index contributed by atoms with van der Waals surface area (Å²) >= 11 is 0. The summed E-state index contributed by atoms with van der Waals surface area (Å²) in [6.07, 6.45) is 3.40. The van der Waals surface area contributed by atoms with Crippen molar-refractivity contribution in [3.8, 4) is 0 Å². The normalized spacial score (nSPS) is 18.4. The van der Waals surface area contributed by atoms with E-state index in [4.69, 9.17) is 5.73 Å². The summed E-state index contributed by atoms with van der Waals surface area (Å²) in [5.41, 5.74) is 8.31. The van der Waals surface area contributed by atoms with Crippen molar-refractivity contribution in [1.82, 2.24) is 14.8 Å². The molecule has 1 aromatic heterocycles. The number of aromatic amines is 1. The first-order chi connectivity index (χ1) is 9.86. The lowest BCUT2D eigenvalue weighted by Gasteiger charge is -2.21. The van der Waals surface area contributed by atoms with Crippen LogP contribution in [0.15, 0.2) is 30.5 Å².